The van der Waals surface area contributed by atoms with Gasteiger partial charge in [0.05, 0.1) is 4.92 Å². The van der Waals surface area contributed by atoms with Crippen LogP contribution in [-0.2, 0) is 22.4 Å². The molecule has 0 bridgehead atoms. The van der Waals surface area contributed by atoms with Crippen LogP contribution in [0.15, 0.2) is 48.5 Å². The highest BCUT2D eigenvalue weighted by molar-refractivity contribution is 6.00. The number of hydrogen-bond donors (Lipinski definition) is 0. The van der Waals surface area contributed by atoms with Gasteiger partial charge in [0, 0.05) is 38.6 Å². The van der Waals surface area contributed by atoms with Crippen LogP contribution in [0.2, 0.25) is 0 Å². The Kier molecular flexibility index (Phi) is 5.87. The van der Waals surface area contributed by atoms with E-state index >= 15 is 0 Å². The van der Waals surface area contributed by atoms with Gasteiger partial charge >= 0.3 is 0 Å². The molecule has 0 aliphatic carbocycles. The number of amides is 2. The van der Waals surface area contributed by atoms with Crippen LogP contribution >= 0.6 is 0 Å². The molecule has 0 radical (unpaired) electrons. The van der Waals surface area contributed by atoms with Crippen LogP contribution in [-0.4, -0.2) is 52.2 Å². The molecular formula is C22H24FN3O4. The summed E-state index contributed by atoms with van der Waals surface area (Å²) in [6.45, 7) is 1.83. The Morgan fingerprint density at radius 1 is 1.10 bits per heavy atom. The maximum Gasteiger partial charge on any atom is 0.272 e. The smallest absolute Gasteiger partial charge is 0.272 e. The van der Waals surface area contributed by atoms with E-state index in [1.807, 2.05) is 6.92 Å². The van der Waals surface area contributed by atoms with Gasteiger partial charge in [0.2, 0.25) is 11.8 Å². The van der Waals surface area contributed by atoms with Crippen molar-refractivity contribution in [1.29, 1.82) is 0 Å². The normalized spacial score (nSPS) is 21.8. The number of halogens is 1. The van der Waals surface area contributed by atoms with Gasteiger partial charge in [-0.15, -0.1) is 0 Å². The first-order valence-electron chi connectivity index (χ1n) is 9.73. The molecule has 30 heavy (non-hydrogen) atoms. The van der Waals surface area contributed by atoms with Gasteiger partial charge in [-0.3, -0.25) is 19.7 Å². The largest absolute Gasteiger partial charge is 0.331 e. The average Bonchev–Trinajstić information content (AvgIpc) is 2.74. The standard InChI is InChI=1S/C22H24FN3O4/c1-4-22(14-15-9-11-17(23)12-10-15)21(28)24(2)19(20(27)25(22)3)13-16-7-5-6-8-18(16)26(29)30/h5-12,19H,4,13-14H2,1-3H3. The second-order valence-corrected chi connectivity index (χ2v) is 7.61. The molecule has 2 unspecified atom stereocenters. The number of carbonyl (C=O) groups is 2. The summed E-state index contributed by atoms with van der Waals surface area (Å²) >= 11 is 0. The minimum absolute atomic E-state index is 0.0545. The summed E-state index contributed by atoms with van der Waals surface area (Å²) in [7, 11) is 3.15. The van der Waals surface area contributed by atoms with E-state index in [0.29, 0.717) is 12.0 Å². The molecule has 0 aromatic heterocycles. The summed E-state index contributed by atoms with van der Waals surface area (Å²) in [5.74, 6) is -0.885. The number of para-hydroxylation sites is 1. The van der Waals surface area contributed by atoms with Crippen LogP contribution in [0.25, 0.3) is 0 Å². The first kappa shape index (κ1) is 21.4. The number of rotatable bonds is 6. The molecule has 7 nitrogen and oxygen atoms in total. The van der Waals surface area contributed by atoms with Crippen LogP contribution in [0.4, 0.5) is 10.1 Å². The van der Waals surface area contributed by atoms with Crippen molar-refractivity contribution in [2.75, 3.05) is 14.1 Å². The fraction of sp³-hybridized carbons (Fsp3) is 0.364. The molecule has 0 spiro atoms. The van der Waals surface area contributed by atoms with Crippen molar-refractivity contribution in [3.63, 3.8) is 0 Å². The number of piperazine rings is 1. The van der Waals surface area contributed by atoms with Gasteiger partial charge in [0.15, 0.2) is 0 Å². The first-order chi connectivity index (χ1) is 14.2. The SMILES string of the molecule is CCC1(Cc2ccc(F)cc2)C(=O)N(C)C(Cc2ccccc2[N+](=O)[O-])C(=O)N1C. The molecule has 2 atom stereocenters. The van der Waals surface area contributed by atoms with E-state index in [1.54, 1.807) is 44.4 Å². The fourth-order valence-electron chi connectivity index (χ4n) is 4.16. The summed E-state index contributed by atoms with van der Waals surface area (Å²) in [4.78, 5) is 40.4. The molecule has 2 aromatic carbocycles. The van der Waals surface area contributed by atoms with Crippen LogP contribution in [0.3, 0.4) is 0 Å². The van der Waals surface area contributed by atoms with E-state index in [-0.39, 0.29) is 36.2 Å². The van der Waals surface area contributed by atoms with E-state index in [2.05, 4.69) is 0 Å². The van der Waals surface area contributed by atoms with Crippen molar-refractivity contribution in [3.05, 3.63) is 75.6 Å². The lowest BCUT2D eigenvalue weighted by atomic mass is 9.81. The van der Waals surface area contributed by atoms with Gasteiger partial charge in [-0.05, 0) is 24.1 Å². The molecule has 158 valence electrons. The van der Waals surface area contributed by atoms with E-state index in [9.17, 15) is 24.1 Å². The number of nitrogens with zero attached hydrogens (tertiary/aromatic N) is 3. The van der Waals surface area contributed by atoms with Gasteiger partial charge in [0.1, 0.15) is 17.4 Å². The minimum atomic E-state index is -1.09. The van der Waals surface area contributed by atoms with Gasteiger partial charge in [-0.25, -0.2) is 4.39 Å². The molecule has 2 aromatic rings. The predicted molar refractivity (Wildman–Crippen MR) is 109 cm³/mol. The van der Waals surface area contributed by atoms with Crippen molar-refractivity contribution >= 4 is 17.5 Å². The number of hydrogen-bond acceptors (Lipinski definition) is 4. The maximum absolute atomic E-state index is 13.4. The highest BCUT2D eigenvalue weighted by Crippen LogP contribution is 2.33. The summed E-state index contributed by atoms with van der Waals surface area (Å²) in [6, 6.07) is 11.3. The zero-order chi connectivity index (χ0) is 22.1. The lowest BCUT2D eigenvalue weighted by Gasteiger charge is -2.50. The highest BCUT2D eigenvalue weighted by Gasteiger charge is 2.52. The van der Waals surface area contributed by atoms with E-state index in [1.165, 1.54) is 28.0 Å². The Morgan fingerprint density at radius 2 is 1.73 bits per heavy atom. The van der Waals surface area contributed by atoms with E-state index in [0.717, 1.165) is 5.56 Å². The van der Waals surface area contributed by atoms with E-state index in [4.69, 9.17) is 0 Å². The molecule has 1 aliphatic heterocycles. The Balaban J connectivity index is 1.93. The lowest BCUT2D eigenvalue weighted by molar-refractivity contribution is -0.385. The van der Waals surface area contributed by atoms with Gasteiger partial charge < -0.3 is 9.80 Å². The van der Waals surface area contributed by atoms with Crippen LogP contribution in [0, 0.1) is 15.9 Å². The first-order valence-corrected chi connectivity index (χ1v) is 9.73. The molecule has 3 rings (SSSR count). The summed E-state index contributed by atoms with van der Waals surface area (Å²) < 4.78 is 13.3. The summed E-state index contributed by atoms with van der Waals surface area (Å²) in [6.07, 6.45) is 0.695. The molecular weight excluding hydrogens is 389 g/mol. The summed E-state index contributed by atoms with van der Waals surface area (Å²) in [5, 5.41) is 11.3. The average molecular weight is 413 g/mol. The zero-order valence-electron chi connectivity index (χ0n) is 17.2. The van der Waals surface area contributed by atoms with Gasteiger partial charge in [-0.1, -0.05) is 37.3 Å². The molecule has 1 heterocycles. The van der Waals surface area contributed by atoms with E-state index < -0.39 is 16.5 Å². The Labute approximate surface area is 174 Å². The highest BCUT2D eigenvalue weighted by atomic mass is 19.1. The second-order valence-electron chi connectivity index (χ2n) is 7.61. The third-order valence-electron chi connectivity index (χ3n) is 6.04. The van der Waals surface area contributed by atoms with Crippen LogP contribution < -0.4 is 0 Å². The monoisotopic (exact) mass is 413 g/mol. The quantitative estimate of drug-likeness (QED) is 0.538. The van der Waals surface area contributed by atoms with Crippen molar-refractivity contribution in [2.45, 2.75) is 37.8 Å². The minimum Gasteiger partial charge on any atom is -0.331 e. The third-order valence-corrected chi connectivity index (χ3v) is 6.04. The third kappa shape index (κ3) is 3.65. The van der Waals surface area contributed by atoms with Crippen LogP contribution in [0.1, 0.15) is 24.5 Å². The zero-order valence-corrected chi connectivity index (χ0v) is 17.2. The predicted octanol–water partition coefficient (Wildman–Crippen LogP) is 2.97. The maximum atomic E-state index is 13.4. The number of carbonyl (C=O) groups excluding carboxylic acids is 2. The van der Waals surface area contributed by atoms with Crippen molar-refractivity contribution in [3.8, 4) is 0 Å². The molecule has 1 saturated heterocycles. The number of likely N-dealkylation sites (N-methyl/N-ethyl adjacent to an activating group) is 2. The second kappa shape index (κ2) is 8.22. The number of nitro groups is 1. The molecule has 0 N–H and O–H groups in total. The molecule has 0 saturated carbocycles. The van der Waals surface area contributed by atoms with Crippen LogP contribution in [0.5, 0.6) is 0 Å². The van der Waals surface area contributed by atoms with Gasteiger partial charge in [0.25, 0.3) is 5.69 Å². The molecule has 1 fully saturated rings. The number of benzene rings is 2. The Bertz CT molecular complexity index is 979. The van der Waals surface area contributed by atoms with Crippen molar-refractivity contribution in [2.24, 2.45) is 0 Å². The number of nitro benzene ring substituents is 1. The Morgan fingerprint density at radius 3 is 2.33 bits per heavy atom. The molecule has 2 amide bonds. The van der Waals surface area contributed by atoms with Crippen molar-refractivity contribution in [1.82, 2.24) is 9.80 Å². The molecule has 1 aliphatic rings. The fourth-order valence-corrected chi connectivity index (χ4v) is 4.16. The van der Waals surface area contributed by atoms with Gasteiger partial charge in [-0.2, -0.15) is 0 Å². The Hall–Kier alpha value is -3.29. The lowest BCUT2D eigenvalue weighted by Crippen LogP contribution is -2.70. The van der Waals surface area contributed by atoms with Crippen molar-refractivity contribution < 1.29 is 18.9 Å². The topological polar surface area (TPSA) is 83.8 Å². The molecule has 8 heteroatoms. The summed E-state index contributed by atoms with van der Waals surface area (Å²) in [5.41, 5.74) is -0.0244.